The molecule has 0 bridgehead atoms. The third-order valence-electron chi connectivity index (χ3n) is 2.57. The lowest BCUT2D eigenvalue weighted by Gasteiger charge is -2.13. The number of nitrogen functional groups attached to an aromatic ring is 1. The summed E-state index contributed by atoms with van der Waals surface area (Å²) in [4.78, 5) is 0. The van der Waals surface area contributed by atoms with Crippen LogP contribution in [0.1, 0.15) is 5.56 Å². The van der Waals surface area contributed by atoms with E-state index in [0.717, 1.165) is 24.4 Å². The molecule has 0 radical (unpaired) electrons. The zero-order valence-corrected chi connectivity index (χ0v) is 9.29. The zero-order chi connectivity index (χ0) is 13.5. The van der Waals surface area contributed by atoms with Gasteiger partial charge in [0.25, 0.3) is 0 Å². The molecule has 96 valence electrons. The van der Waals surface area contributed by atoms with Gasteiger partial charge in [-0.3, -0.25) is 4.68 Å². The number of halogens is 4. The Kier molecular flexibility index (Phi) is 2.76. The second-order valence-corrected chi connectivity index (χ2v) is 3.73. The Bertz CT molecular complexity index is 586. The highest BCUT2D eigenvalue weighted by atomic mass is 19.4. The highest BCUT2D eigenvalue weighted by molar-refractivity contribution is 5.77. The van der Waals surface area contributed by atoms with Crippen molar-refractivity contribution in [3.8, 4) is 11.1 Å². The van der Waals surface area contributed by atoms with Gasteiger partial charge in [-0.05, 0) is 12.1 Å². The van der Waals surface area contributed by atoms with Crippen LogP contribution >= 0.6 is 0 Å². The van der Waals surface area contributed by atoms with Crippen molar-refractivity contribution in [2.75, 3.05) is 5.73 Å². The van der Waals surface area contributed by atoms with Gasteiger partial charge in [-0.15, -0.1) is 0 Å². The summed E-state index contributed by atoms with van der Waals surface area (Å²) >= 11 is 0. The summed E-state index contributed by atoms with van der Waals surface area (Å²) < 4.78 is 53.3. The number of hydrogen-bond donors (Lipinski definition) is 1. The van der Waals surface area contributed by atoms with Crippen LogP contribution in [0.4, 0.5) is 23.4 Å². The van der Waals surface area contributed by atoms with Crippen molar-refractivity contribution < 1.29 is 17.6 Å². The summed E-state index contributed by atoms with van der Waals surface area (Å²) in [6.07, 6.45) is -3.54. The molecule has 0 spiro atoms. The van der Waals surface area contributed by atoms with Gasteiger partial charge in [0.1, 0.15) is 11.6 Å². The van der Waals surface area contributed by atoms with Crippen LogP contribution in [0.15, 0.2) is 24.4 Å². The quantitative estimate of drug-likeness (QED) is 0.800. The van der Waals surface area contributed by atoms with Crippen molar-refractivity contribution in [1.29, 1.82) is 0 Å². The van der Waals surface area contributed by atoms with Gasteiger partial charge >= 0.3 is 6.18 Å². The molecule has 18 heavy (non-hydrogen) atoms. The van der Waals surface area contributed by atoms with E-state index in [1.54, 1.807) is 0 Å². The van der Waals surface area contributed by atoms with E-state index < -0.39 is 23.1 Å². The predicted octanol–water partition coefficient (Wildman–Crippen LogP) is 2.83. The molecule has 0 fully saturated rings. The lowest BCUT2D eigenvalue weighted by molar-refractivity contribution is -0.137. The number of nitrogens with two attached hydrogens (primary N) is 1. The molecule has 1 heterocycles. The van der Waals surface area contributed by atoms with Crippen LogP contribution in [-0.4, -0.2) is 9.78 Å². The molecule has 0 aliphatic rings. The molecule has 2 rings (SSSR count). The van der Waals surface area contributed by atoms with Crippen LogP contribution in [0.25, 0.3) is 11.1 Å². The maximum atomic E-state index is 13.7. The van der Waals surface area contributed by atoms with Crippen LogP contribution in [0.3, 0.4) is 0 Å². The SMILES string of the molecule is Cn1ncc(-c2c(F)cccc2C(F)(F)F)c1N. The van der Waals surface area contributed by atoms with Gasteiger partial charge in [0.05, 0.1) is 11.8 Å². The Hall–Kier alpha value is -2.05. The number of alkyl halides is 3. The van der Waals surface area contributed by atoms with E-state index in [0.29, 0.717) is 0 Å². The van der Waals surface area contributed by atoms with Gasteiger partial charge in [0.2, 0.25) is 0 Å². The number of nitrogens with zero attached hydrogens (tertiary/aromatic N) is 2. The van der Waals surface area contributed by atoms with Crippen LogP contribution < -0.4 is 5.73 Å². The summed E-state index contributed by atoms with van der Waals surface area (Å²) in [5.74, 6) is -1.00. The molecule has 0 unspecified atom stereocenters. The Morgan fingerprint density at radius 1 is 1.28 bits per heavy atom. The van der Waals surface area contributed by atoms with Crippen molar-refractivity contribution in [3.05, 3.63) is 35.8 Å². The molecule has 0 amide bonds. The first-order chi connectivity index (χ1) is 8.32. The van der Waals surface area contributed by atoms with Crippen molar-refractivity contribution in [2.45, 2.75) is 6.18 Å². The zero-order valence-electron chi connectivity index (χ0n) is 9.29. The van der Waals surface area contributed by atoms with Gasteiger partial charge < -0.3 is 5.73 Å². The first-order valence-electron chi connectivity index (χ1n) is 4.96. The van der Waals surface area contributed by atoms with E-state index >= 15 is 0 Å². The topological polar surface area (TPSA) is 43.8 Å². The first-order valence-corrected chi connectivity index (χ1v) is 4.96. The van der Waals surface area contributed by atoms with Crippen molar-refractivity contribution in [3.63, 3.8) is 0 Å². The standard InChI is InChI=1S/C11H9F4N3/c1-18-10(16)6(5-17-18)9-7(11(13,14)15)3-2-4-8(9)12/h2-5H,16H2,1H3. The van der Waals surface area contributed by atoms with Gasteiger partial charge in [-0.25, -0.2) is 4.39 Å². The Balaban J connectivity index is 2.74. The van der Waals surface area contributed by atoms with Crippen molar-refractivity contribution in [1.82, 2.24) is 9.78 Å². The maximum absolute atomic E-state index is 13.7. The summed E-state index contributed by atoms with van der Waals surface area (Å²) in [6.45, 7) is 0. The molecule has 2 aromatic rings. The fraction of sp³-hybridized carbons (Fsp3) is 0.182. The van der Waals surface area contributed by atoms with Gasteiger partial charge in [-0.1, -0.05) is 6.07 Å². The van der Waals surface area contributed by atoms with E-state index in [1.165, 1.54) is 11.7 Å². The highest BCUT2D eigenvalue weighted by Gasteiger charge is 2.35. The summed E-state index contributed by atoms with van der Waals surface area (Å²) in [6, 6.07) is 2.77. The van der Waals surface area contributed by atoms with Crippen LogP contribution in [0.5, 0.6) is 0 Å². The van der Waals surface area contributed by atoms with Gasteiger partial charge in [0.15, 0.2) is 0 Å². The smallest absolute Gasteiger partial charge is 0.383 e. The lowest BCUT2D eigenvalue weighted by atomic mass is 10.0. The van der Waals surface area contributed by atoms with Crippen molar-refractivity contribution in [2.24, 2.45) is 7.05 Å². The Labute approximate surface area is 99.8 Å². The molecule has 2 N–H and O–H groups in total. The molecule has 7 heteroatoms. The third-order valence-corrected chi connectivity index (χ3v) is 2.57. The minimum Gasteiger partial charge on any atom is -0.383 e. The van der Waals surface area contributed by atoms with E-state index in [2.05, 4.69) is 5.10 Å². The van der Waals surface area contributed by atoms with Crippen LogP contribution in [-0.2, 0) is 13.2 Å². The second kappa shape index (κ2) is 4.01. The summed E-state index contributed by atoms with van der Waals surface area (Å²) in [7, 11) is 1.47. The summed E-state index contributed by atoms with van der Waals surface area (Å²) in [5.41, 5.74) is 3.87. The number of aromatic nitrogens is 2. The van der Waals surface area contributed by atoms with E-state index in [4.69, 9.17) is 5.73 Å². The van der Waals surface area contributed by atoms with E-state index in [1.807, 2.05) is 0 Å². The number of benzene rings is 1. The predicted molar refractivity (Wildman–Crippen MR) is 58.0 cm³/mol. The largest absolute Gasteiger partial charge is 0.417 e. The second-order valence-electron chi connectivity index (χ2n) is 3.73. The first kappa shape index (κ1) is 12.4. The lowest BCUT2D eigenvalue weighted by Crippen LogP contribution is -2.09. The Morgan fingerprint density at radius 2 is 1.94 bits per heavy atom. The fourth-order valence-corrected chi connectivity index (χ4v) is 1.67. The number of rotatable bonds is 1. The van der Waals surface area contributed by atoms with E-state index in [-0.39, 0.29) is 11.4 Å². The molecule has 0 aliphatic heterocycles. The minimum atomic E-state index is -4.65. The van der Waals surface area contributed by atoms with E-state index in [9.17, 15) is 17.6 Å². The minimum absolute atomic E-state index is 0.0226. The number of aryl methyl sites for hydroxylation is 1. The molecular weight excluding hydrogens is 250 g/mol. The highest BCUT2D eigenvalue weighted by Crippen LogP contribution is 2.40. The maximum Gasteiger partial charge on any atom is 0.417 e. The molecule has 0 atom stereocenters. The average Bonchev–Trinajstić information content (AvgIpc) is 2.59. The van der Waals surface area contributed by atoms with Crippen LogP contribution in [0.2, 0.25) is 0 Å². The molecule has 1 aromatic heterocycles. The normalized spacial score (nSPS) is 11.8. The van der Waals surface area contributed by atoms with Crippen LogP contribution in [0, 0.1) is 5.82 Å². The van der Waals surface area contributed by atoms with Crippen molar-refractivity contribution >= 4 is 5.82 Å². The molecule has 0 saturated carbocycles. The summed E-state index contributed by atoms with van der Waals surface area (Å²) in [5, 5.41) is 3.71. The molecular formula is C11H9F4N3. The molecule has 0 aliphatic carbocycles. The number of hydrogen-bond acceptors (Lipinski definition) is 2. The monoisotopic (exact) mass is 259 g/mol. The Morgan fingerprint density at radius 3 is 2.44 bits per heavy atom. The average molecular weight is 259 g/mol. The molecule has 1 aromatic carbocycles. The van der Waals surface area contributed by atoms with Gasteiger partial charge in [-0.2, -0.15) is 18.3 Å². The third kappa shape index (κ3) is 1.92. The number of anilines is 1. The molecule has 0 saturated heterocycles. The fourth-order valence-electron chi connectivity index (χ4n) is 1.67. The van der Waals surface area contributed by atoms with Gasteiger partial charge in [0, 0.05) is 18.2 Å². The molecule has 3 nitrogen and oxygen atoms in total.